The first-order valence-corrected chi connectivity index (χ1v) is 5.73. The van der Waals surface area contributed by atoms with Gasteiger partial charge in [-0.05, 0) is 18.2 Å². The van der Waals surface area contributed by atoms with Gasteiger partial charge in [0.2, 0.25) is 0 Å². The van der Waals surface area contributed by atoms with Gasteiger partial charge in [-0.25, -0.2) is 5.06 Å². The van der Waals surface area contributed by atoms with Gasteiger partial charge in [0.1, 0.15) is 0 Å². The van der Waals surface area contributed by atoms with E-state index in [0.717, 1.165) is 27.6 Å². The molecule has 0 spiro atoms. The average Bonchev–Trinajstić information content (AvgIpc) is 2.83. The number of para-hydroxylation sites is 2. The molecule has 0 bridgehead atoms. The first-order chi connectivity index (χ1) is 8.84. The van der Waals surface area contributed by atoms with Crippen molar-refractivity contribution in [2.45, 2.75) is 0 Å². The number of aliphatic imine (C=N–C) groups is 1. The summed E-state index contributed by atoms with van der Waals surface area (Å²) in [5, 5.41) is 11.1. The Kier molecular flexibility index (Phi) is 2.67. The van der Waals surface area contributed by atoms with Crippen LogP contribution in [0.15, 0.2) is 65.8 Å². The van der Waals surface area contributed by atoms with E-state index < -0.39 is 0 Å². The van der Waals surface area contributed by atoms with E-state index in [1.54, 1.807) is 12.4 Å². The third kappa shape index (κ3) is 1.92. The lowest BCUT2D eigenvalue weighted by Crippen LogP contribution is -2.09. The van der Waals surface area contributed by atoms with Crippen molar-refractivity contribution in [2.75, 3.05) is 5.06 Å². The zero-order chi connectivity index (χ0) is 12.4. The predicted octanol–water partition coefficient (Wildman–Crippen LogP) is 3.64. The maximum absolute atomic E-state index is 10.0. The molecule has 0 radical (unpaired) electrons. The van der Waals surface area contributed by atoms with Crippen LogP contribution in [0, 0.1) is 0 Å². The Hall–Kier alpha value is -2.39. The van der Waals surface area contributed by atoms with Gasteiger partial charge in [0.05, 0.1) is 11.4 Å². The monoisotopic (exact) mass is 236 g/mol. The van der Waals surface area contributed by atoms with E-state index >= 15 is 0 Å². The Labute approximate surface area is 105 Å². The van der Waals surface area contributed by atoms with Crippen molar-refractivity contribution in [1.29, 1.82) is 0 Å². The molecule has 18 heavy (non-hydrogen) atoms. The van der Waals surface area contributed by atoms with E-state index in [1.807, 2.05) is 54.6 Å². The zero-order valence-corrected chi connectivity index (χ0v) is 9.69. The van der Waals surface area contributed by atoms with Crippen LogP contribution in [0.5, 0.6) is 0 Å². The molecule has 3 heteroatoms. The van der Waals surface area contributed by atoms with Crippen molar-refractivity contribution in [3.8, 4) is 0 Å². The topological polar surface area (TPSA) is 35.8 Å². The molecular formula is C15H12N2O. The third-order valence-electron chi connectivity index (χ3n) is 2.84. The highest BCUT2D eigenvalue weighted by Gasteiger charge is 2.12. The van der Waals surface area contributed by atoms with Gasteiger partial charge in [0.15, 0.2) is 0 Å². The maximum Gasteiger partial charge on any atom is 0.0709 e. The lowest BCUT2D eigenvalue weighted by Gasteiger charge is -2.12. The fourth-order valence-corrected chi connectivity index (χ4v) is 1.93. The van der Waals surface area contributed by atoms with Crippen LogP contribution in [0.25, 0.3) is 5.57 Å². The van der Waals surface area contributed by atoms with Crippen LogP contribution in [0.4, 0.5) is 11.4 Å². The number of hydroxylamine groups is 1. The summed E-state index contributed by atoms with van der Waals surface area (Å²) < 4.78 is 0. The predicted molar refractivity (Wildman–Crippen MR) is 73.3 cm³/mol. The van der Waals surface area contributed by atoms with Crippen LogP contribution in [-0.4, -0.2) is 11.4 Å². The fraction of sp³-hybridized carbons (Fsp3) is 0. The van der Waals surface area contributed by atoms with Crippen LogP contribution in [0.2, 0.25) is 0 Å². The van der Waals surface area contributed by atoms with Gasteiger partial charge in [-0.3, -0.25) is 10.2 Å². The van der Waals surface area contributed by atoms with E-state index in [0.29, 0.717) is 0 Å². The summed E-state index contributed by atoms with van der Waals surface area (Å²) in [6.45, 7) is 0. The lowest BCUT2D eigenvalue weighted by atomic mass is 10.1. The van der Waals surface area contributed by atoms with E-state index in [2.05, 4.69) is 4.99 Å². The van der Waals surface area contributed by atoms with Crippen molar-refractivity contribution < 1.29 is 5.21 Å². The van der Waals surface area contributed by atoms with E-state index in [4.69, 9.17) is 0 Å². The van der Waals surface area contributed by atoms with Gasteiger partial charge in [0, 0.05) is 23.6 Å². The van der Waals surface area contributed by atoms with Crippen LogP contribution in [0.3, 0.4) is 0 Å². The van der Waals surface area contributed by atoms with Gasteiger partial charge in [0.25, 0.3) is 0 Å². The summed E-state index contributed by atoms with van der Waals surface area (Å²) in [5.74, 6) is 0. The Morgan fingerprint density at radius 2 is 1.67 bits per heavy atom. The molecule has 3 rings (SSSR count). The fourth-order valence-electron chi connectivity index (χ4n) is 1.93. The molecule has 0 saturated heterocycles. The van der Waals surface area contributed by atoms with Crippen molar-refractivity contribution in [2.24, 2.45) is 4.99 Å². The van der Waals surface area contributed by atoms with Gasteiger partial charge < -0.3 is 0 Å². The highest BCUT2D eigenvalue weighted by molar-refractivity contribution is 6.16. The number of fused-ring (bicyclic) bond motifs is 1. The first kappa shape index (κ1) is 10.7. The van der Waals surface area contributed by atoms with Gasteiger partial charge in [-0.15, -0.1) is 0 Å². The number of rotatable bonds is 2. The van der Waals surface area contributed by atoms with Crippen LogP contribution < -0.4 is 5.06 Å². The standard InChI is InChI=1S/C15H12N2O/c18-17(13-6-2-1-3-7-13)11-12-10-16-15-9-5-4-8-14(12)15/h1-11,18H. The second kappa shape index (κ2) is 4.47. The molecule has 0 fully saturated rings. The largest absolute Gasteiger partial charge is 0.284 e. The van der Waals surface area contributed by atoms with Crippen molar-refractivity contribution in [3.05, 3.63) is 66.4 Å². The van der Waals surface area contributed by atoms with E-state index in [-0.39, 0.29) is 0 Å². The normalized spacial score (nSPS) is 14.8. The molecule has 0 amide bonds. The molecule has 3 nitrogen and oxygen atoms in total. The summed E-state index contributed by atoms with van der Waals surface area (Å²) in [6, 6.07) is 17.2. The van der Waals surface area contributed by atoms with Crippen LogP contribution in [0.1, 0.15) is 5.56 Å². The number of anilines is 1. The van der Waals surface area contributed by atoms with Gasteiger partial charge in [-0.1, -0.05) is 36.4 Å². The Balaban J connectivity index is 1.93. The molecule has 1 aliphatic heterocycles. The number of hydrogen-bond acceptors (Lipinski definition) is 3. The zero-order valence-electron chi connectivity index (χ0n) is 9.69. The molecule has 88 valence electrons. The number of hydrogen-bond donors (Lipinski definition) is 1. The Bertz CT molecular complexity index is 617. The summed E-state index contributed by atoms with van der Waals surface area (Å²) in [7, 11) is 0. The molecular weight excluding hydrogens is 224 g/mol. The minimum atomic E-state index is 0.725. The first-order valence-electron chi connectivity index (χ1n) is 5.73. The molecule has 0 unspecified atom stereocenters. The summed E-state index contributed by atoms with van der Waals surface area (Å²) in [6.07, 6.45) is 3.43. The number of allylic oxidation sites excluding steroid dienone is 1. The maximum atomic E-state index is 10.0. The van der Waals surface area contributed by atoms with Gasteiger partial charge >= 0.3 is 0 Å². The minimum absolute atomic E-state index is 0.725. The molecule has 1 N–H and O–H groups in total. The molecule has 2 aromatic rings. The summed E-state index contributed by atoms with van der Waals surface area (Å²) >= 11 is 0. The minimum Gasteiger partial charge on any atom is -0.284 e. The summed E-state index contributed by atoms with van der Waals surface area (Å²) in [5.41, 5.74) is 3.59. The van der Waals surface area contributed by atoms with E-state index in [9.17, 15) is 5.21 Å². The van der Waals surface area contributed by atoms with Crippen molar-refractivity contribution in [3.63, 3.8) is 0 Å². The second-order valence-electron chi connectivity index (χ2n) is 4.04. The molecule has 2 aromatic carbocycles. The third-order valence-corrected chi connectivity index (χ3v) is 2.84. The van der Waals surface area contributed by atoms with Crippen molar-refractivity contribution in [1.82, 2.24) is 0 Å². The SMILES string of the molecule is ON(C=C1C=Nc2ccccc21)c1ccccc1. The molecule has 0 aliphatic carbocycles. The molecule has 1 aliphatic rings. The number of nitrogens with zero attached hydrogens (tertiary/aromatic N) is 2. The molecule has 1 heterocycles. The number of benzene rings is 2. The Morgan fingerprint density at radius 1 is 0.944 bits per heavy atom. The van der Waals surface area contributed by atoms with E-state index in [1.165, 1.54) is 0 Å². The molecule has 0 aromatic heterocycles. The second-order valence-corrected chi connectivity index (χ2v) is 4.04. The highest BCUT2D eigenvalue weighted by atomic mass is 16.5. The molecule has 0 atom stereocenters. The van der Waals surface area contributed by atoms with Crippen LogP contribution >= 0.6 is 0 Å². The van der Waals surface area contributed by atoms with Gasteiger partial charge in [-0.2, -0.15) is 0 Å². The average molecular weight is 236 g/mol. The lowest BCUT2D eigenvalue weighted by molar-refractivity contribution is 0.296. The molecule has 0 saturated carbocycles. The van der Waals surface area contributed by atoms with Crippen molar-refractivity contribution >= 4 is 23.2 Å². The quantitative estimate of drug-likeness (QED) is 0.808. The summed E-state index contributed by atoms with van der Waals surface area (Å²) in [4.78, 5) is 4.30. The smallest absolute Gasteiger partial charge is 0.0709 e. The van der Waals surface area contributed by atoms with Crippen LogP contribution in [-0.2, 0) is 0 Å². The Morgan fingerprint density at radius 3 is 2.50 bits per heavy atom. The highest BCUT2D eigenvalue weighted by Crippen LogP contribution is 2.31.